The lowest BCUT2D eigenvalue weighted by Crippen LogP contribution is -2.57. The van der Waals surface area contributed by atoms with Gasteiger partial charge in [-0.25, -0.2) is 0 Å². The highest BCUT2D eigenvalue weighted by molar-refractivity contribution is 5.88. The third-order valence-electron chi connectivity index (χ3n) is 2.58. The van der Waals surface area contributed by atoms with Gasteiger partial charge in [0.25, 0.3) is 5.91 Å². The van der Waals surface area contributed by atoms with E-state index < -0.39 is 22.8 Å². The van der Waals surface area contributed by atoms with Crippen molar-refractivity contribution in [1.82, 2.24) is 0 Å². The molecule has 6 N–H and O–H groups in total. The molecular weight excluding hydrogens is 194 g/mol. The highest BCUT2D eigenvalue weighted by atomic mass is 16.1. The maximum atomic E-state index is 11.1. The molecule has 0 aromatic heterocycles. The van der Waals surface area contributed by atoms with Crippen molar-refractivity contribution in [2.75, 3.05) is 6.54 Å². The molecule has 0 aliphatic rings. The van der Waals surface area contributed by atoms with E-state index in [4.69, 9.17) is 27.7 Å². The number of carbonyl (C=O) groups excluding carboxylic acids is 1. The maximum Gasteiger partial charge on any atom is 0.254 e. The Balaban J connectivity index is 5.44. The summed E-state index contributed by atoms with van der Waals surface area (Å²) in [6.45, 7) is 3.49. The zero-order chi connectivity index (χ0) is 12.3. The number of nitrogens with two attached hydrogens (primary N) is 3. The predicted octanol–water partition coefficient (Wildman–Crippen LogP) is -1.18. The Kier molecular flexibility index (Phi) is 3.80. The van der Waals surface area contributed by atoms with Gasteiger partial charge in [0, 0.05) is 0 Å². The summed E-state index contributed by atoms with van der Waals surface area (Å²) in [5.74, 6) is -1.04. The van der Waals surface area contributed by atoms with Crippen LogP contribution in [0.3, 0.4) is 0 Å². The zero-order valence-electron chi connectivity index (χ0n) is 8.82. The van der Waals surface area contributed by atoms with Crippen molar-refractivity contribution < 1.29 is 4.79 Å². The van der Waals surface area contributed by atoms with Crippen molar-refractivity contribution in [3.05, 3.63) is 0 Å². The van der Waals surface area contributed by atoms with Gasteiger partial charge in [0.1, 0.15) is 0 Å². The lowest BCUT2D eigenvalue weighted by Gasteiger charge is -2.35. The van der Waals surface area contributed by atoms with Crippen LogP contribution >= 0.6 is 0 Å². The van der Waals surface area contributed by atoms with Crippen molar-refractivity contribution in [1.29, 1.82) is 10.5 Å². The van der Waals surface area contributed by atoms with Crippen LogP contribution in [0.1, 0.15) is 13.8 Å². The number of hydrogen-bond acceptors (Lipinski definition) is 5. The second-order valence-electron chi connectivity index (χ2n) is 4.07. The Morgan fingerprint density at radius 1 is 1.40 bits per heavy atom. The minimum Gasteiger partial charge on any atom is -0.367 e. The molecule has 0 spiro atoms. The Morgan fingerprint density at radius 3 is 2.00 bits per heavy atom. The van der Waals surface area contributed by atoms with Crippen LogP contribution in [-0.2, 0) is 4.79 Å². The fourth-order valence-electron chi connectivity index (χ4n) is 1.14. The zero-order valence-corrected chi connectivity index (χ0v) is 8.82. The molecule has 0 bridgehead atoms. The molecule has 6 heteroatoms. The van der Waals surface area contributed by atoms with Gasteiger partial charge in [0.05, 0.1) is 18.2 Å². The van der Waals surface area contributed by atoms with Crippen LogP contribution < -0.4 is 17.2 Å². The molecule has 0 fully saturated rings. The minimum atomic E-state index is -2.02. The number of rotatable bonds is 4. The number of carbonyl (C=O) groups is 1. The van der Waals surface area contributed by atoms with Crippen molar-refractivity contribution in [3.63, 3.8) is 0 Å². The van der Waals surface area contributed by atoms with E-state index in [9.17, 15) is 4.79 Å². The van der Waals surface area contributed by atoms with Gasteiger partial charge < -0.3 is 17.2 Å². The third-order valence-corrected chi connectivity index (χ3v) is 2.58. The van der Waals surface area contributed by atoms with Crippen LogP contribution in [-0.4, -0.2) is 18.5 Å². The van der Waals surface area contributed by atoms with Gasteiger partial charge in [-0.1, -0.05) is 13.8 Å². The number of nitriles is 2. The fourth-order valence-corrected chi connectivity index (χ4v) is 1.14. The van der Waals surface area contributed by atoms with Crippen LogP contribution in [0.2, 0.25) is 0 Å². The first-order valence-electron chi connectivity index (χ1n) is 4.36. The number of nitrogens with zero attached hydrogens (tertiary/aromatic N) is 2. The topological polar surface area (TPSA) is 143 Å². The highest BCUT2D eigenvalue weighted by Crippen LogP contribution is 2.31. The van der Waals surface area contributed by atoms with Crippen molar-refractivity contribution in [2.24, 2.45) is 28.0 Å². The van der Waals surface area contributed by atoms with Crippen molar-refractivity contribution in [2.45, 2.75) is 19.9 Å². The molecular formula is C9H15N5O. The summed E-state index contributed by atoms with van der Waals surface area (Å²) in [6.07, 6.45) is 0. The molecule has 0 saturated carbocycles. The number of amides is 1. The molecule has 0 aromatic rings. The predicted molar refractivity (Wildman–Crippen MR) is 53.7 cm³/mol. The molecule has 0 aliphatic heterocycles. The highest BCUT2D eigenvalue weighted by Gasteiger charge is 2.50. The van der Waals surface area contributed by atoms with Gasteiger partial charge >= 0.3 is 0 Å². The second-order valence-corrected chi connectivity index (χ2v) is 4.07. The summed E-state index contributed by atoms with van der Waals surface area (Å²) >= 11 is 0. The largest absolute Gasteiger partial charge is 0.367 e. The molecule has 1 atom stereocenters. The average molecular weight is 209 g/mol. The molecule has 0 heterocycles. The van der Waals surface area contributed by atoms with E-state index in [1.54, 1.807) is 26.0 Å². The molecule has 0 aromatic carbocycles. The van der Waals surface area contributed by atoms with Gasteiger partial charge in [0.15, 0.2) is 0 Å². The van der Waals surface area contributed by atoms with Gasteiger partial charge in [-0.3, -0.25) is 4.79 Å². The van der Waals surface area contributed by atoms with Crippen LogP contribution in [0.25, 0.3) is 0 Å². The summed E-state index contributed by atoms with van der Waals surface area (Å²) in [6, 6.07) is 2.15. The lowest BCUT2D eigenvalue weighted by atomic mass is 9.69. The Labute approximate surface area is 88.6 Å². The molecule has 0 rings (SSSR count). The van der Waals surface area contributed by atoms with Crippen LogP contribution in [0.5, 0.6) is 0 Å². The summed E-state index contributed by atoms with van der Waals surface area (Å²) < 4.78 is 0. The van der Waals surface area contributed by atoms with E-state index in [-0.39, 0.29) is 6.54 Å². The smallest absolute Gasteiger partial charge is 0.254 e. The summed E-state index contributed by atoms with van der Waals surface area (Å²) in [7, 11) is 0. The first-order chi connectivity index (χ1) is 6.78. The second kappa shape index (κ2) is 4.26. The fraction of sp³-hybridized carbons (Fsp3) is 0.667. The van der Waals surface area contributed by atoms with Crippen molar-refractivity contribution in [3.8, 4) is 12.1 Å². The van der Waals surface area contributed by atoms with Crippen LogP contribution in [0.4, 0.5) is 0 Å². The van der Waals surface area contributed by atoms with Gasteiger partial charge in [-0.15, -0.1) is 0 Å². The standard InChI is InChI=1S/C9H15N5O/c1-8(2,3-10)6(13)9(4-11,5-12)7(14)15/h6H,3,10,13H2,1-2H3,(H2,14,15). The quantitative estimate of drug-likeness (QED) is 0.533. The lowest BCUT2D eigenvalue weighted by molar-refractivity contribution is -0.124. The molecule has 0 saturated heterocycles. The summed E-state index contributed by atoms with van der Waals surface area (Å²) in [5, 5.41) is 17.8. The minimum absolute atomic E-state index is 0.145. The number of primary amides is 1. The van der Waals surface area contributed by atoms with Gasteiger partial charge in [-0.2, -0.15) is 10.5 Å². The molecule has 82 valence electrons. The molecule has 0 radical (unpaired) electrons. The number of hydrogen-bond donors (Lipinski definition) is 3. The maximum absolute atomic E-state index is 11.1. The Bertz CT molecular complexity index is 321. The van der Waals surface area contributed by atoms with E-state index in [1.807, 2.05) is 0 Å². The normalized spacial score (nSPS) is 13.7. The molecule has 1 unspecified atom stereocenters. The first-order valence-corrected chi connectivity index (χ1v) is 4.36. The first kappa shape index (κ1) is 13.4. The molecule has 6 nitrogen and oxygen atoms in total. The molecule has 0 aliphatic carbocycles. The van der Waals surface area contributed by atoms with Crippen molar-refractivity contribution >= 4 is 5.91 Å². The van der Waals surface area contributed by atoms with E-state index >= 15 is 0 Å². The third kappa shape index (κ3) is 2.07. The van der Waals surface area contributed by atoms with E-state index in [2.05, 4.69) is 0 Å². The SMILES string of the molecule is CC(C)(CN)C(N)C(C#N)(C#N)C(N)=O. The van der Waals surface area contributed by atoms with E-state index in [0.29, 0.717) is 0 Å². The Hall–Kier alpha value is -1.63. The monoisotopic (exact) mass is 209 g/mol. The van der Waals surface area contributed by atoms with Crippen LogP contribution in [0.15, 0.2) is 0 Å². The summed E-state index contributed by atoms with van der Waals surface area (Å²) in [4.78, 5) is 11.1. The van der Waals surface area contributed by atoms with Crippen LogP contribution in [0, 0.1) is 33.5 Å². The van der Waals surface area contributed by atoms with Gasteiger partial charge in [-0.05, 0) is 12.0 Å². The average Bonchev–Trinajstić information content (AvgIpc) is 2.19. The van der Waals surface area contributed by atoms with E-state index in [0.717, 1.165) is 0 Å². The summed E-state index contributed by atoms with van der Waals surface area (Å²) in [5.41, 5.74) is 13.5. The molecule has 15 heavy (non-hydrogen) atoms. The van der Waals surface area contributed by atoms with Gasteiger partial charge in [0.2, 0.25) is 5.41 Å². The van der Waals surface area contributed by atoms with E-state index in [1.165, 1.54) is 0 Å². The Morgan fingerprint density at radius 2 is 1.80 bits per heavy atom. The molecule has 1 amide bonds.